The second-order valence-electron chi connectivity index (χ2n) is 5.52. The predicted molar refractivity (Wildman–Crippen MR) is 108 cm³/mol. The molecular weight excluding hydrogens is 369 g/mol. The molecule has 1 saturated heterocycles. The smallest absolute Gasteiger partial charge is 0.430 e. The third-order valence-corrected chi connectivity index (χ3v) is 4.13. The van der Waals surface area contributed by atoms with Gasteiger partial charge in [-0.05, 0) is 31.1 Å². The molecule has 26 heavy (non-hydrogen) atoms. The van der Waals surface area contributed by atoms with E-state index in [1.54, 1.807) is 11.8 Å². The molecule has 0 bridgehead atoms. The van der Waals surface area contributed by atoms with E-state index in [4.69, 9.17) is 9.84 Å². The fraction of sp³-hybridized carbons (Fsp3) is 0.400. The number of morpholine rings is 1. The molecule has 0 unspecified atom stereocenters. The van der Waals surface area contributed by atoms with Crippen LogP contribution >= 0.6 is 11.8 Å². The molecule has 0 spiro atoms. The Morgan fingerprint density at radius 3 is 2.85 bits per heavy atom. The summed E-state index contributed by atoms with van der Waals surface area (Å²) in [6, 6.07) is 1.94. The van der Waals surface area contributed by atoms with Crippen molar-refractivity contribution in [3.05, 3.63) is 60.2 Å². The molecule has 4 nitrogen and oxygen atoms in total. The van der Waals surface area contributed by atoms with Gasteiger partial charge in [-0.25, -0.2) is 11.8 Å². The fourth-order valence-corrected chi connectivity index (χ4v) is 2.75. The molecule has 1 aromatic rings. The molecule has 2 rings (SSSR count). The minimum atomic E-state index is 0. The van der Waals surface area contributed by atoms with Crippen molar-refractivity contribution in [1.29, 1.82) is 0 Å². The van der Waals surface area contributed by atoms with Crippen molar-refractivity contribution in [2.45, 2.75) is 20.3 Å². The molecule has 1 fully saturated rings. The van der Waals surface area contributed by atoms with E-state index < -0.39 is 0 Å². The molecule has 1 aliphatic rings. The van der Waals surface area contributed by atoms with Crippen LogP contribution in [0.5, 0.6) is 0 Å². The number of nitrogens with zero attached hydrogens (tertiary/aromatic N) is 3. The zero-order valence-corrected chi connectivity index (χ0v) is 20.3. The van der Waals surface area contributed by atoms with Crippen molar-refractivity contribution in [2.75, 3.05) is 32.6 Å². The first kappa shape index (κ1) is 23.8. The van der Waals surface area contributed by atoms with Crippen LogP contribution in [0.4, 0.5) is 0 Å². The Labute approximate surface area is 204 Å². The summed E-state index contributed by atoms with van der Waals surface area (Å²) in [5, 5.41) is 4.76. The zero-order chi connectivity index (χ0) is 17.9. The van der Waals surface area contributed by atoms with Crippen LogP contribution in [0, 0.1) is 11.9 Å². The Balaban J connectivity index is 0.00000338. The summed E-state index contributed by atoms with van der Waals surface area (Å²) < 4.78 is 7.31. The predicted octanol–water partition coefficient (Wildman–Crippen LogP) is 1.27. The molecule has 6 heteroatoms. The summed E-state index contributed by atoms with van der Waals surface area (Å²) in [7, 11) is 0. The Hall–Kier alpha value is -0.214. The van der Waals surface area contributed by atoms with Crippen molar-refractivity contribution in [3.8, 4) is 0 Å². The summed E-state index contributed by atoms with van der Waals surface area (Å²) in [5.74, 6) is 3.11. The quantitative estimate of drug-likeness (QED) is 0.376. The Morgan fingerprint density at radius 2 is 2.19 bits per heavy atom. The minimum Gasteiger partial charge on any atom is -0.430 e. The minimum absolute atomic E-state index is 0. The van der Waals surface area contributed by atoms with Crippen LogP contribution in [0.2, 0.25) is 0 Å². The second kappa shape index (κ2) is 13.9. The molecule has 2 heterocycles. The van der Waals surface area contributed by atoms with Gasteiger partial charge >= 0.3 is 51.4 Å². The first-order chi connectivity index (χ1) is 12.3. The second-order valence-corrected chi connectivity index (χ2v) is 6.27. The molecule has 0 amide bonds. The topological polar surface area (TPSA) is 30.3 Å². The van der Waals surface area contributed by atoms with Crippen molar-refractivity contribution in [2.24, 2.45) is 0 Å². The molecule has 1 aliphatic heterocycles. The van der Waals surface area contributed by atoms with Gasteiger partial charge in [-0.15, -0.1) is 6.07 Å². The van der Waals surface area contributed by atoms with E-state index in [0.717, 1.165) is 49.8 Å². The van der Waals surface area contributed by atoms with E-state index in [2.05, 4.69) is 60.4 Å². The van der Waals surface area contributed by atoms with Gasteiger partial charge in [-0.3, -0.25) is 5.10 Å². The normalized spacial score (nSPS) is 16.3. The maximum absolute atomic E-state index is 5.47. The van der Waals surface area contributed by atoms with Crippen LogP contribution in [0.3, 0.4) is 0 Å². The van der Waals surface area contributed by atoms with Crippen LogP contribution in [-0.4, -0.2) is 47.2 Å². The first-order valence-electron chi connectivity index (χ1n) is 8.67. The average molecular weight is 397 g/mol. The van der Waals surface area contributed by atoms with Gasteiger partial charge in [-0.2, -0.15) is 11.8 Å². The average Bonchev–Trinajstić information content (AvgIpc) is 3.12. The van der Waals surface area contributed by atoms with Gasteiger partial charge in [-0.1, -0.05) is 49.1 Å². The van der Waals surface area contributed by atoms with Crippen molar-refractivity contribution in [3.63, 3.8) is 0 Å². The summed E-state index contributed by atoms with van der Waals surface area (Å²) in [6.07, 6.45) is 18.9. The van der Waals surface area contributed by atoms with Gasteiger partial charge in [0.2, 0.25) is 0 Å². The largest absolute Gasteiger partial charge is 1.00 e. The molecular formula is C20H27KN3OS-. The van der Waals surface area contributed by atoms with Crippen LogP contribution < -0.4 is 51.4 Å². The molecule has 0 atom stereocenters. The maximum Gasteiger partial charge on any atom is 1.00 e. The van der Waals surface area contributed by atoms with Crippen molar-refractivity contribution < 1.29 is 56.1 Å². The molecule has 0 radical (unpaired) electrons. The molecule has 0 aliphatic carbocycles. The van der Waals surface area contributed by atoms with Gasteiger partial charge in [0.25, 0.3) is 0 Å². The van der Waals surface area contributed by atoms with E-state index in [1.807, 2.05) is 23.7 Å². The van der Waals surface area contributed by atoms with E-state index in [-0.39, 0.29) is 51.4 Å². The van der Waals surface area contributed by atoms with Crippen LogP contribution in [0.15, 0.2) is 42.5 Å². The fourth-order valence-electron chi connectivity index (χ4n) is 2.49. The maximum atomic E-state index is 5.47. The van der Waals surface area contributed by atoms with Crippen LogP contribution in [0.1, 0.15) is 26.0 Å². The van der Waals surface area contributed by atoms with E-state index in [9.17, 15) is 0 Å². The number of hydrogen-bond donors (Lipinski definition) is 0. The number of thioether (sulfide) groups is 1. The number of ether oxygens (including phenoxy) is 1. The van der Waals surface area contributed by atoms with Crippen LogP contribution in [0.25, 0.3) is 11.4 Å². The summed E-state index contributed by atoms with van der Waals surface area (Å²) >= 11 is 1.68. The Bertz CT molecular complexity index is 643. The first-order valence-corrected chi connectivity index (χ1v) is 9.96. The van der Waals surface area contributed by atoms with Gasteiger partial charge in [0, 0.05) is 13.1 Å². The number of allylic oxidation sites excluding steroid dienone is 6. The number of rotatable bonds is 8. The summed E-state index contributed by atoms with van der Waals surface area (Å²) in [6.45, 7) is 7.38. The molecule has 0 N–H and O–H groups in total. The van der Waals surface area contributed by atoms with Gasteiger partial charge in [0.05, 0.1) is 13.2 Å². The van der Waals surface area contributed by atoms with E-state index >= 15 is 0 Å². The van der Waals surface area contributed by atoms with Crippen molar-refractivity contribution >= 4 is 23.2 Å². The van der Waals surface area contributed by atoms with E-state index in [1.165, 1.54) is 0 Å². The Kier molecular flexibility index (Phi) is 12.7. The third kappa shape index (κ3) is 7.42. The van der Waals surface area contributed by atoms with Crippen LogP contribution in [-0.2, 0) is 4.74 Å². The summed E-state index contributed by atoms with van der Waals surface area (Å²) in [4.78, 5) is 2.29. The third-order valence-electron chi connectivity index (χ3n) is 3.73. The molecule has 136 valence electrons. The molecule has 1 aromatic heterocycles. The standard InChI is InChI=1S/C20H27N3OS.K/c1-4-6-7-9-18(8-5-2)19-10-12-23(21-19)20(11-17-25-3)22-13-15-24-16-14-22;/h5-11,17H,4,13-16H2,1-3H3;/q-2;+1/b7-6+,8-5-,18-9+,20-11-;. The number of hydrogen-bond acceptors (Lipinski definition) is 4. The Morgan fingerprint density at radius 1 is 1.42 bits per heavy atom. The van der Waals surface area contributed by atoms with Gasteiger partial charge < -0.3 is 14.3 Å². The molecule has 0 aromatic carbocycles. The summed E-state index contributed by atoms with van der Waals surface area (Å²) in [5.41, 5.74) is 2.00. The number of aromatic nitrogens is 2. The van der Waals surface area contributed by atoms with Crippen molar-refractivity contribution in [1.82, 2.24) is 14.7 Å². The van der Waals surface area contributed by atoms with Gasteiger partial charge in [0.15, 0.2) is 0 Å². The van der Waals surface area contributed by atoms with Gasteiger partial charge in [0.1, 0.15) is 0 Å². The monoisotopic (exact) mass is 396 g/mol. The molecule has 0 saturated carbocycles. The van der Waals surface area contributed by atoms with E-state index in [0.29, 0.717) is 0 Å². The SMILES string of the molecule is C\C=C/C(=C\C=C\CC)c1c[c-]n(/C(=C\[CH-]SC)N2CCOCC2)n1.[K+]. The zero-order valence-electron chi connectivity index (χ0n) is 16.3.